The Bertz CT molecular complexity index is 3310. The fraction of sp³-hybridized carbons (Fsp3) is 0.250. The molecule has 0 radical (unpaired) electrons. The van der Waals surface area contributed by atoms with Crippen molar-refractivity contribution >= 4 is 55.7 Å². The van der Waals surface area contributed by atoms with Crippen LogP contribution in [-0.2, 0) is 37.5 Å². The second-order valence-corrected chi connectivity index (χ2v) is 15.6. The fourth-order valence-electron chi connectivity index (χ4n) is 8.35. The molecule has 65 heavy (non-hydrogen) atoms. The van der Waals surface area contributed by atoms with Gasteiger partial charge < -0.3 is 34.8 Å². The van der Waals surface area contributed by atoms with E-state index in [2.05, 4.69) is 14.8 Å². The Balaban J connectivity index is 1.15. The first kappa shape index (κ1) is 42.4. The second-order valence-electron chi connectivity index (χ2n) is 15.6. The number of nitrogens with zero attached hydrogens (tertiary/aromatic N) is 10. The predicted octanol–water partition coefficient (Wildman–Crippen LogP) is 6.92. The highest BCUT2D eigenvalue weighted by Gasteiger charge is 2.23. The number of primary amides is 2. The molecule has 0 spiro atoms. The van der Waals surface area contributed by atoms with Crippen LogP contribution < -0.4 is 20.9 Å². The number of aromatic nitrogens is 10. The van der Waals surface area contributed by atoms with Crippen molar-refractivity contribution in [1.82, 2.24) is 48.6 Å². The fourth-order valence-corrected chi connectivity index (χ4v) is 8.35. The average molecular weight is 873 g/mol. The van der Waals surface area contributed by atoms with Crippen LogP contribution in [0.25, 0.3) is 66.9 Å². The van der Waals surface area contributed by atoms with E-state index in [9.17, 15) is 9.59 Å². The summed E-state index contributed by atoms with van der Waals surface area (Å²) in [5.41, 5.74) is 19.3. The van der Waals surface area contributed by atoms with Gasteiger partial charge in [0.2, 0.25) is 11.8 Å². The highest BCUT2D eigenvalue weighted by atomic mass is 16.5. The van der Waals surface area contributed by atoms with E-state index in [4.69, 9.17) is 45.6 Å². The summed E-state index contributed by atoms with van der Waals surface area (Å²) in [7, 11) is 1.56. The van der Waals surface area contributed by atoms with Crippen LogP contribution in [0.2, 0.25) is 0 Å². The maximum atomic E-state index is 12.8. The van der Waals surface area contributed by atoms with Crippen molar-refractivity contribution < 1.29 is 23.8 Å². The Hall–Kier alpha value is -7.92. The SMILES string of the molecule is CCn1nc(C)cc1-c1ncc2c3cc(C(N)=O)cc(OC)c3n(C/C=C/Cn3c4nc(-c5cc(C)nn5CC)ncc4c4cc(C(N)=O)cc(OCCOCc5ccccc5)c43)c2n1. The molecule has 6 aromatic heterocycles. The van der Waals surface area contributed by atoms with Crippen LogP contribution in [0.5, 0.6) is 11.5 Å². The molecular formula is C48H48N12O5. The van der Waals surface area contributed by atoms with Crippen LogP contribution >= 0.6 is 0 Å². The number of amides is 2. The van der Waals surface area contributed by atoms with Crippen molar-refractivity contribution in [2.24, 2.45) is 11.5 Å². The summed E-state index contributed by atoms with van der Waals surface area (Å²) in [6.45, 7) is 10.8. The summed E-state index contributed by atoms with van der Waals surface area (Å²) in [6, 6.07) is 20.7. The van der Waals surface area contributed by atoms with Crippen LogP contribution in [-0.4, -0.2) is 80.8 Å². The molecule has 0 atom stereocenters. The Kier molecular flexibility index (Phi) is 11.5. The summed E-state index contributed by atoms with van der Waals surface area (Å²) >= 11 is 0. The van der Waals surface area contributed by atoms with E-state index in [0.29, 0.717) is 95.7 Å². The molecule has 0 aliphatic carbocycles. The number of hydrogen-bond donors (Lipinski definition) is 2. The molecule has 0 fully saturated rings. The van der Waals surface area contributed by atoms with Gasteiger partial charge in [0.05, 0.1) is 42.7 Å². The van der Waals surface area contributed by atoms with E-state index in [1.807, 2.05) is 96.2 Å². The minimum Gasteiger partial charge on any atom is -0.495 e. The minimum atomic E-state index is -0.594. The molecule has 330 valence electrons. The molecule has 4 N–H and O–H groups in total. The number of fused-ring (bicyclic) bond motifs is 6. The monoisotopic (exact) mass is 872 g/mol. The molecule has 0 aliphatic rings. The van der Waals surface area contributed by atoms with Crippen LogP contribution in [0, 0.1) is 13.8 Å². The van der Waals surface area contributed by atoms with Gasteiger partial charge in [-0.25, -0.2) is 19.9 Å². The standard InChI is InChI=1S/C48H48N12O5/c1-6-59-37(19-28(3)55-59)45-51-25-35-33-21-31(43(49)61)23-39(63-5)41(33)57(47(35)53-45)15-11-12-16-58-42-34(36-26-52-46(54-48(36)58)38-20-29(4)56-60(38)7-2)22-32(44(50)62)24-40(42)65-18-17-64-27-30-13-9-8-10-14-30/h8-14,19-26H,6-7,15-18,27H2,1-5H3,(H2,49,61)(H2,50,62)/b12-11+. The molecule has 6 heterocycles. The third-order valence-electron chi connectivity index (χ3n) is 11.3. The lowest BCUT2D eigenvalue weighted by Crippen LogP contribution is -2.12. The highest BCUT2D eigenvalue weighted by Crippen LogP contribution is 2.38. The number of ether oxygens (including phenoxy) is 3. The Morgan fingerprint density at radius 2 is 1.17 bits per heavy atom. The summed E-state index contributed by atoms with van der Waals surface area (Å²) in [6.07, 6.45) is 7.61. The number of aryl methyl sites for hydroxylation is 4. The number of carbonyl (C=O) groups excluding carboxylic acids is 2. The summed E-state index contributed by atoms with van der Waals surface area (Å²) in [4.78, 5) is 45.1. The van der Waals surface area contributed by atoms with Gasteiger partial charge in [-0.2, -0.15) is 10.2 Å². The van der Waals surface area contributed by atoms with Crippen molar-refractivity contribution in [2.75, 3.05) is 20.3 Å². The summed E-state index contributed by atoms with van der Waals surface area (Å²) < 4.78 is 26.1. The van der Waals surface area contributed by atoms with Crippen molar-refractivity contribution in [3.63, 3.8) is 0 Å². The number of methoxy groups -OCH3 is 1. The van der Waals surface area contributed by atoms with Crippen LogP contribution in [0.4, 0.5) is 0 Å². The third-order valence-corrected chi connectivity index (χ3v) is 11.3. The predicted molar refractivity (Wildman–Crippen MR) is 248 cm³/mol. The first-order valence-corrected chi connectivity index (χ1v) is 21.3. The molecule has 3 aromatic carbocycles. The average Bonchev–Trinajstić information content (AvgIpc) is 4.07. The normalized spacial score (nSPS) is 11.8. The Labute approximate surface area is 373 Å². The third kappa shape index (κ3) is 8.01. The van der Waals surface area contributed by atoms with Gasteiger partial charge in [0.15, 0.2) is 11.6 Å². The number of hydrogen-bond acceptors (Lipinski definition) is 11. The lowest BCUT2D eigenvalue weighted by atomic mass is 10.1. The number of allylic oxidation sites excluding steroid dienone is 2. The first-order chi connectivity index (χ1) is 31.6. The quantitative estimate of drug-likeness (QED) is 0.0708. The van der Waals surface area contributed by atoms with Gasteiger partial charge in [-0.15, -0.1) is 0 Å². The number of carbonyl (C=O) groups is 2. The van der Waals surface area contributed by atoms with E-state index in [1.54, 1.807) is 43.8 Å². The smallest absolute Gasteiger partial charge is 0.248 e. The van der Waals surface area contributed by atoms with Gasteiger partial charge in [-0.1, -0.05) is 42.5 Å². The van der Waals surface area contributed by atoms with Gasteiger partial charge in [-0.3, -0.25) is 19.0 Å². The van der Waals surface area contributed by atoms with Crippen molar-refractivity contribution in [3.05, 3.63) is 119 Å². The second kappa shape index (κ2) is 17.7. The van der Waals surface area contributed by atoms with Gasteiger partial charge in [-0.05, 0) is 69.7 Å². The van der Waals surface area contributed by atoms with Crippen LogP contribution in [0.1, 0.15) is 51.5 Å². The molecule has 0 saturated heterocycles. The number of rotatable bonds is 17. The molecule has 0 saturated carbocycles. The van der Waals surface area contributed by atoms with Crippen molar-refractivity contribution in [1.29, 1.82) is 0 Å². The van der Waals surface area contributed by atoms with E-state index < -0.39 is 11.8 Å². The van der Waals surface area contributed by atoms with E-state index in [0.717, 1.165) is 44.6 Å². The van der Waals surface area contributed by atoms with Crippen molar-refractivity contribution in [2.45, 2.75) is 60.5 Å². The van der Waals surface area contributed by atoms with E-state index in [-0.39, 0.29) is 12.2 Å². The minimum absolute atomic E-state index is 0.211. The maximum absolute atomic E-state index is 12.8. The summed E-state index contributed by atoms with van der Waals surface area (Å²) in [5, 5.41) is 12.1. The Morgan fingerprint density at radius 3 is 1.66 bits per heavy atom. The molecule has 0 unspecified atom stereocenters. The lowest BCUT2D eigenvalue weighted by Gasteiger charge is -2.13. The van der Waals surface area contributed by atoms with Gasteiger partial charge in [0.25, 0.3) is 0 Å². The maximum Gasteiger partial charge on any atom is 0.248 e. The van der Waals surface area contributed by atoms with Gasteiger partial charge in [0, 0.05) is 71.2 Å². The van der Waals surface area contributed by atoms with Crippen LogP contribution in [0.3, 0.4) is 0 Å². The molecule has 0 aliphatic heterocycles. The molecule has 9 rings (SSSR count). The van der Waals surface area contributed by atoms with Gasteiger partial charge in [0.1, 0.15) is 40.8 Å². The molecule has 17 nitrogen and oxygen atoms in total. The zero-order valence-electron chi connectivity index (χ0n) is 36.8. The number of benzene rings is 3. The molecule has 2 amide bonds. The Morgan fingerprint density at radius 1 is 0.662 bits per heavy atom. The van der Waals surface area contributed by atoms with Gasteiger partial charge >= 0.3 is 0 Å². The molecule has 17 heteroatoms. The lowest BCUT2D eigenvalue weighted by molar-refractivity contribution is 0.0892. The zero-order chi connectivity index (χ0) is 45.4. The van der Waals surface area contributed by atoms with Crippen LogP contribution in [0.15, 0.2) is 91.3 Å². The molecular weight excluding hydrogens is 825 g/mol. The zero-order valence-corrected chi connectivity index (χ0v) is 36.8. The topological polar surface area (TPSA) is 211 Å². The number of nitrogens with two attached hydrogens (primary N) is 2. The summed E-state index contributed by atoms with van der Waals surface area (Å²) in [5.74, 6) is 0.753. The molecule has 0 bridgehead atoms. The van der Waals surface area contributed by atoms with Crippen molar-refractivity contribution in [3.8, 4) is 34.5 Å². The molecule has 9 aromatic rings. The van der Waals surface area contributed by atoms with E-state index >= 15 is 0 Å². The first-order valence-electron chi connectivity index (χ1n) is 21.3. The highest BCUT2D eigenvalue weighted by molar-refractivity contribution is 6.13. The largest absolute Gasteiger partial charge is 0.495 e. The van der Waals surface area contributed by atoms with E-state index in [1.165, 1.54) is 0 Å².